The third-order valence-corrected chi connectivity index (χ3v) is 5.98. The summed E-state index contributed by atoms with van der Waals surface area (Å²) >= 11 is 0. The molecule has 3 heterocycles. The highest BCUT2D eigenvalue weighted by Gasteiger charge is 2.30. The summed E-state index contributed by atoms with van der Waals surface area (Å²) in [6, 6.07) is 0.312. The molecule has 172 valence electrons. The molecule has 0 bridgehead atoms. The molecular weight excluding hydrogens is 398 g/mol. The van der Waals surface area contributed by atoms with E-state index in [1.165, 1.54) is 7.11 Å². The van der Waals surface area contributed by atoms with Gasteiger partial charge < -0.3 is 24.6 Å². The van der Waals surface area contributed by atoms with Crippen molar-refractivity contribution < 1.29 is 19.3 Å². The van der Waals surface area contributed by atoms with Crippen LogP contribution in [0.4, 0.5) is 5.69 Å². The van der Waals surface area contributed by atoms with Gasteiger partial charge in [0.05, 0.1) is 44.0 Å². The first kappa shape index (κ1) is 23.4. The number of nitrogens with one attached hydrogen (secondary N) is 2. The first-order valence-electron chi connectivity index (χ1n) is 11.0. The minimum absolute atomic E-state index is 0.189. The van der Waals surface area contributed by atoms with Gasteiger partial charge >= 0.3 is 6.01 Å². The van der Waals surface area contributed by atoms with E-state index in [9.17, 15) is 5.11 Å². The molecule has 0 saturated carbocycles. The molecule has 0 aromatic carbocycles. The number of rotatable bonds is 8. The van der Waals surface area contributed by atoms with E-state index in [4.69, 9.17) is 19.6 Å². The molecule has 3 rings (SSSR count). The van der Waals surface area contributed by atoms with E-state index in [1.807, 2.05) is 13.8 Å². The second-order valence-electron chi connectivity index (χ2n) is 8.60. The molecule has 0 aliphatic carbocycles. The Balaban J connectivity index is 1.53. The van der Waals surface area contributed by atoms with Gasteiger partial charge in [-0.1, -0.05) is 0 Å². The number of piperidine rings is 1. The van der Waals surface area contributed by atoms with Gasteiger partial charge in [0.2, 0.25) is 5.90 Å². The van der Waals surface area contributed by atoms with Crippen molar-refractivity contribution in [1.29, 1.82) is 5.41 Å². The van der Waals surface area contributed by atoms with Gasteiger partial charge in [0, 0.05) is 30.7 Å². The molecule has 9 nitrogen and oxygen atoms in total. The molecule has 2 aliphatic heterocycles. The quantitative estimate of drug-likeness (QED) is 0.423. The topological polar surface area (TPSA) is 113 Å². The van der Waals surface area contributed by atoms with Crippen LogP contribution >= 0.6 is 0 Å². The van der Waals surface area contributed by atoms with Crippen molar-refractivity contribution in [2.24, 2.45) is 5.92 Å². The van der Waals surface area contributed by atoms with E-state index in [2.05, 4.69) is 20.2 Å². The minimum atomic E-state index is -0.614. The number of hydrogen-bond donors (Lipinski definition) is 3. The summed E-state index contributed by atoms with van der Waals surface area (Å²) in [5, 5.41) is 22.0. The number of aromatic nitrogens is 2. The maximum Gasteiger partial charge on any atom is 0.316 e. The van der Waals surface area contributed by atoms with E-state index in [1.54, 1.807) is 12.4 Å². The van der Waals surface area contributed by atoms with E-state index in [0.717, 1.165) is 49.4 Å². The fraction of sp³-hybridized carbons (Fsp3) is 0.682. The smallest absolute Gasteiger partial charge is 0.316 e. The Kier molecular flexibility index (Phi) is 8.22. The summed E-state index contributed by atoms with van der Waals surface area (Å²) in [5.74, 6) is 0.531. The van der Waals surface area contributed by atoms with Crippen molar-refractivity contribution >= 4 is 11.6 Å². The zero-order chi connectivity index (χ0) is 22.3. The van der Waals surface area contributed by atoms with Gasteiger partial charge in [0.25, 0.3) is 0 Å². The van der Waals surface area contributed by atoms with Crippen LogP contribution in [-0.2, 0) is 9.47 Å². The van der Waals surface area contributed by atoms with Crippen LogP contribution in [0.1, 0.15) is 39.5 Å². The number of nitrogens with zero attached hydrogens (tertiary/aromatic N) is 3. The number of aliphatic hydroxyl groups is 1. The Bertz CT molecular complexity index is 752. The second kappa shape index (κ2) is 10.9. The lowest BCUT2D eigenvalue weighted by atomic mass is 9.83. The highest BCUT2D eigenvalue weighted by Crippen LogP contribution is 2.27. The average Bonchev–Trinajstić information content (AvgIpc) is 2.99. The monoisotopic (exact) mass is 433 g/mol. The predicted molar refractivity (Wildman–Crippen MR) is 118 cm³/mol. The normalized spacial score (nSPS) is 19.1. The van der Waals surface area contributed by atoms with Crippen LogP contribution in [0.2, 0.25) is 0 Å². The van der Waals surface area contributed by atoms with Crippen molar-refractivity contribution in [3.63, 3.8) is 0 Å². The summed E-state index contributed by atoms with van der Waals surface area (Å²) in [6.07, 6.45) is 6.57. The lowest BCUT2D eigenvalue weighted by Crippen LogP contribution is -2.43. The molecule has 1 aromatic rings. The van der Waals surface area contributed by atoms with Gasteiger partial charge in [-0.15, -0.1) is 0 Å². The standard InChI is InChI=1S/C22H35N5O4/c1-22(2,28)16-4-8-27(9-5-16)10-13-31-20(23)18-6-11-30-12-7-19(18)26-17-14-24-21(29-3)25-15-17/h14-16,23,26,28H,4-13H2,1-3H3. The van der Waals surface area contributed by atoms with Crippen LogP contribution in [0.25, 0.3) is 0 Å². The maximum absolute atomic E-state index is 10.2. The summed E-state index contributed by atoms with van der Waals surface area (Å²) in [4.78, 5) is 10.6. The number of likely N-dealkylation sites (tertiary alicyclic amines) is 1. The first-order valence-corrected chi connectivity index (χ1v) is 11.0. The molecule has 0 radical (unpaired) electrons. The van der Waals surface area contributed by atoms with Crippen LogP contribution in [-0.4, -0.2) is 78.0 Å². The second-order valence-corrected chi connectivity index (χ2v) is 8.60. The lowest BCUT2D eigenvalue weighted by molar-refractivity contribution is -0.0139. The van der Waals surface area contributed by atoms with Crippen molar-refractivity contribution in [3.05, 3.63) is 23.7 Å². The third-order valence-electron chi connectivity index (χ3n) is 5.98. The van der Waals surface area contributed by atoms with Crippen molar-refractivity contribution in [2.45, 2.75) is 45.1 Å². The fourth-order valence-corrected chi connectivity index (χ4v) is 4.03. The molecule has 9 heteroatoms. The molecule has 1 aromatic heterocycles. The van der Waals surface area contributed by atoms with Crippen LogP contribution in [0.5, 0.6) is 6.01 Å². The first-order chi connectivity index (χ1) is 14.9. The zero-order valence-corrected chi connectivity index (χ0v) is 18.8. The highest BCUT2D eigenvalue weighted by atomic mass is 16.5. The van der Waals surface area contributed by atoms with Crippen molar-refractivity contribution in [2.75, 3.05) is 51.9 Å². The van der Waals surface area contributed by atoms with Gasteiger partial charge in [0.1, 0.15) is 6.61 Å². The van der Waals surface area contributed by atoms with Gasteiger partial charge in [-0.25, -0.2) is 9.97 Å². The van der Waals surface area contributed by atoms with E-state index in [0.29, 0.717) is 44.6 Å². The molecule has 0 spiro atoms. The SMILES string of the molecule is COc1ncc(NC2=C(C(=N)OCCN3CCC(C(C)(C)O)CC3)CCOCC2)cn1. The largest absolute Gasteiger partial charge is 0.476 e. The van der Waals surface area contributed by atoms with Crippen molar-refractivity contribution in [3.8, 4) is 6.01 Å². The fourth-order valence-electron chi connectivity index (χ4n) is 4.03. The molecule has 0 amide bonds. The summed E-state index contributed by atoms with van der Waals surface area (Å²) < 4.78 is 16.4. The van der Waals surface area contributed by atoms with E-state index < -0.39 is 5.60 Å². The molecule has 2 aliphatic rings. The van der Waals surface area contributed by atoms with Gasteiger partial charge in [-0.2, -0.15) is 0 Å². The summed E-state index contributed by atoms with van der Waals surface area (Å²) in [6.45, 7) is 8.09. The van der Waals surface area contributed by atoms with Gasteiger partial charge in [-0.05, 0) is 45.7 Å². The Morgan fingerprint density at radius 2 is 1.94 bits per heavy atom. The van der Waals surface area contributed by atoms with Crippen LogP contribution < -0.4 is 10.1 Å². The number of ether oxygens (including phenoxy) is 3. The van der Waals surface area contributed by atoms with Crippen LogP contribution in [0.15, 0.2) is 23.7 Å². The van der Waals surface area contributed by atoms with E-state index in [-0.39, 0.29) is 5.90 Å². The average molecular weight is 434 g/mol. The molecule has 0 atom stereocenters. The molecular formula is C22H35N5O4. The molecule has 31 heavy (non-hydrogen) atoms. The van der Waals surface area contributed by atoms with E-state index >= 15 is 0 Å². The summed E-state index contributed by atoms with van der Waals surface area (Å²) in [5.41, 5.74) is 1.85. The van der Waals surface area contributed by atoms with Gasteiger partial charge in [0.15, 0.2) is 0 Å². The Labute approximate surface area is 184 Å². The molecule has 1 fully saturated rings. The number of methoxy groups -OCH3 is 1. The Morgan fingerprint density at radius 1 is 1.26 bits per heavy atom. The van der Waals surface area contributed by atoms with Crippen LogP contribution in [0, 0.1) is 11.3 Å². The highest BCUT2D eigenvalue weighted by molar-refractivity contribution is 5.92. The summed E-state index contributed by atoms with van der Waals surface area (Å²) in [7, 11) is 1.53. The lowest BCUT2D eigenvalue weighted by Gasteiger charge is -2.37. The molecule has 1 saturated heterocycles. The predicted octanol–water partition coefficient (Wildman–Crippen LogP) is 2.44. The molecule has 3 N–H and O–H groups in total. The van der Waals surface area contributed by atoms with Gasteiger partial charge in [-0.3, -0.25) is 10.3 Å². The zero-order valence-electron chi connectivity index (χ0n) is 18.8. The van der Waals surface area contributed by atoms with Crippen LogP contribution in [0.3, 0.4) is 0 Å². The Morgan fingerprint density at radius 3 is 2.58 bits per heavy atom. The Hall–Kier alpha value is -2.23. The number of anilines is 1. The maximum atomic E-state index is 10.2. The van der Waals surface area contributed by atoms with Crippen molar-refractivity contribution in [1.82, 2.24) is 14.9 Å². The third kappa shape index (κ3) is 6.88. The molecule has 0 unspecified atom stereocenters. The number of hydrogen-bond acceptors (Lipinski definition) is 9. The minimum Gasteiger partial charge on any atom is -0.476 e.